The van der Waals surface area contributed by atoms with Crippen molar-refractivity contribution in [3.63, 3.8) is 0 Å². The maximum Gasteiger partial charge on any atom is 0.163 e. The third-order valence-electron chi connectivity index (χ3n) is 2.08. The highest BCUT2D eigenvalue weighted by Crippen LogP contribution is 2.27. The van der Waals surface area contributed by atoms with E-state index in [0.29, 0.717) is 16.4 Å². The molecule has 1 rings (SSSR count). The summed E-state index contributed by atoms with van der Waals surface area (Å²) in [5, 5.41) is 4.28. The topological polar surface area (TPSA) is 38.0 Å². The molecule has 0 radical (unpaired) electrons. The van der Waals surface area contributed by atoms with Gasteiger partial charge in [-0.2, -0.15) is 11.8 Å². The van der Waals surface area contributed by atoms with E-state index in [4.69, 9.17) is 18.0 Å². The summed E-state index contributed by atoms with van der Waals surface area (Å²) in [6.07, 6.45) is 5.94. The standard InChI is InChI=1S/C7H14N2S2/c1-11-6-4-2-3-5(6)9-7(8)10/h5-6H,2-4H2,1H3,(H3,8,9,10). The van der Waals surface area contributed by atoms with Crippen LogP contribution in [0.1, 0.15) is 19.3 Å². The second kappa shape index (κ2) is 4.16. The van der Waals surface area contributed by atoms with Crippen molar-refractivity contribution in [2.75, 3.05) is 6.26 Å². The zero-order valence-corrected chi connectivity index (χ0v) is 8.30. The van der Waals surface area contributed by atoms with Gasteiger partial charge in [0.2, 0.25) is 0 Å². The van der Waals surface area contributed by atoms with Crippen LogP contribution >= 0.6 is 24.0 Å². The highest BCUT2D eigenvalue weighted by Gasteiger charge is 2.26. The molecule has 0 bridgehead atoms. The Bertz CT molecular complexity index is 149. The molecule has 0 aromatic heterocycles. The molecule has 2 nitrogen and oxygen atoms in total. The Morgan fingerprint density at radius 2 is 2.36 bits per heavy atom. The Labute approximate surface area is 77.3 Å². The van der Waals surface area contributed by atoms with Crippen LogP contribution in [0.25, 0.3) is 0 Å². The van der Waals surface area contributed by atoms with E-state index in [0.717, 1.165) is 0 Å². The summed E-state index contributed by atoms with van der Waals surface area (Å²) in [4.78, 5) is 0. The van der Waals surface area contributed by atoms with Gasteiger partial charge in [0.15, 0.2) is 5.11 Å². The lowest BCUT2D eigenvalue weighted by Crippen LogP contribution is -2.41. The molecule has 0 aliphatic heterocycles. The summed E-state index contributed by atoms with van der Waals surface area (Å²) in [7, 11) is 0. The molecule has 1 saturated carbocycles. The van der Waals surface area contributed by atoms with Gasteiger partial charge in [-0.05, 0) is 31.3 Å². The maximum absolute atomic E-state index is 5.40. The van der Waals surface area contributed by atoms with Crippen molar-refractivity contribution in [3.05, 3.63) is 0 Å². The lowest BCUT2D eigenvalue weighted by molar-refractivity contribution is 0.644. The molecule has 3 N–H and O–H groups in total. The fourth-order valence-corrected chi connectivity index (χ4v) is 2.64. The molecule has 0 saturated heterocycles. The molecule has 0 spiro atoms. The van der Waals surface area contributed by atoms with Crippen molar-refractivity contribution < 1.29 is 0 Å². The van der Waals surface area contributed by atoms with Crippen LogP contribution in [-0.4, -0.2) is 22.7 Å². The molecule has 1 aliphatic rings. The van der Waals surface area contributed by atoms with Gasteiger partial charge in [0.1, 0.15) is 0 Å². The van der Waals surface area contributed by atoms with Crippen LogP contribution < -0.4 is 11.1 Å². The van der Waals surface area contributed by atoms with Gasteiger partial charge in [-0.3, -0.25) is 0 Å². The SMILES string of the molecule is CSC1CCCC1NC(N)=S. The van der Waals surface area contributed by atoms with E-state index in [1.54, 1.807) is 0 Å². The van der Waals surface area contributed by atoms with Gasteiger partial charge in [-0.15, -0.1) is 0 Å². The first kappa shape index (κ1) is 9.13. The van der Waals surface area contributed by atoms with Gasteiger partial charge < -0.3 is 11.1 Å². The largest absolute Gasteiger partial charge is 0.376 e. The Morgan fingerprint density at radius 3 is 2.91 bits per heavy atom. The number of thioether (sulfide) groups is 1. The average Bonchev–Trinajstić information content (AvgIpc) is 2.34. The molecule has 2 atom stereocenters. The lowest BCUT2D eigenvalue weighted by atomic mass is 10.2. The fourth-order valence-electron chi connectivity index (χ4n) is 1.56. The summed E-state index contributed by atoms with van der Waals surface area (Å²) in [6.45, 7) is 0. The third-order valence-corrected chi connectivity index (χ3v) is 3.37. The number of thiocarbonyl (C=S) groups is 1. The quantitative estimate of drug-likeness (QED) is 0.640. The van der Waals surface area contributed by atoms with E-state index in [2.05, 4.69) is 11.6 Å². The molecule has 0 amide bonds. The van der Waals surface area contributed by atoms with Crippen molar-refractivity contribution >= 4 is 29.1 Å². The second-order valence-electron chi connectivity index (χ2n) is 2.82. The zero-order chi connectivity index (χ0) is 8.27. The van der Waals surface area contributed by atoms with Gasteiger partial charge in [-0.25, -0.2) is 0 Å². The number of rotatable bonds is 2. The molecule has 2 unspecified atom stereocenters. The van der Waals surface area contributed by atoms with Crippen LogP contribution in [0, 0.1) is 0 Å². The van der Waals surface area contributed by atoms with E-state index in [1.165, 1.54) is 19.3 Å². The number of nitrogens with one attached hydrogen (secondary N) is 1. The van der Waals surface area contributed by atoms with Crippen LogP contribution in [0.4, 0.5) is 0 Å². The normalized spacial score (nSPS) is 30.3. The number of hydrogen-bond acceptors (Lipinski definition) is 2. The number of nitrogens with two attached hydrogens (primary N) is 1. The molecule has 4 heteroatoms. The van der Waals surface area contributed by atoms with E-state index in [1.807, 2.05) is 11.8 Å². The van der Waals surface area contributed by atoms with Gasteiger partial charge >= 0.3 is 0 Å². The Morgan fingerprint density at radius 1 is 1.64 bits per heavy atom. The molecule has 0 heterocycles. The third kappa shape index (κ3) is 2.52. The van der Waals surface area contributed by atoms with Gasteiger partial charge in [0.05, 0.1) is 0 Å². The predicted molar refractivity (Wildman–Crippen MR) is 54.9 cm³/mol. The summed E-state index contributed by atoms with van der Waals surface area (Å²) in [5.41, 5.74) is 5.40. The van der Waals surface area contributed by atoms with Gasteiger partial charge in [-0.1, -0.05) is 6.42 Å². The maximum atomic E-state index is 5.40. The van der Waals surface area contributed by atoms with Crippen molar-refractivity contribution in [1.29, 1.82) is 0 Å². The number of hydrogen-bond donors (Lipinski definition) is 2. The van der Waals surface area contributed by atoms with Crippen LogP contribution in [0.3, 0.4) is 0 Å². The van der Waals surface area contributed by atoms with Crippen LogP contribution in [0.15, 0.2) is 0 Å². The first-order valence-electron chi connectivity index (χ1n) is 3.83. The summed E-state index contributed by atoms with van der Waals surface area (Å²) in [6, 6.07) is 0.516. The van der Waals surface area contributed by atoms with Crippen molar-refractivity contribution in [1.82, 2.24) is 5.32 Å². The molecule has 1 fully saturated rings. The highest BCUT2D eigenvalue weighted by molar-refractivity contribution is 7.99. The zero-order valence-electron chi connectivity index (χ0n) is 6.67. The van der Waals surface area contributed by atoms with Crippen LogP contribution in [-0.2, 0) is 0 Å². The smallest absolute Gasteiger partial charge is 0.163 e. The second-order valence-corrected chi connectivity index (χ2v) is 4.34. The molecular formula is C7H14N2S2. The monoisotopic (exact) mass is 190 g/mol. The first-order chi connectivity index (χ1) is 5.24. The minimum Gasteiger partial charge on any atom is -0.376 e. The minimum atomic E-state index is 0.441. The average molecular weight is 190 g/mol. The molecule has 64 valence electrons. The molecular weight excluding hydrogens is 176 g/mol. The Hall–Kier alpha value is 0.0400. The summed E-state index contributed by atoms with van der Waals surface area (Å²) < 4.78 is 0. The molecule has 0 aromatic rings. The highest BCUT2D eigenvalue weighted by atomic mass is 32.2. The van der Waals surface area contributed by atoms with Gasteiger partial charge in [0.25, 0.3) is 0 Å². The Balaban J connectivity index is 2.37. The van der Waals surface area contributed by atoms with E-state index in [9.17, 15) is 0 Å². The minimum absolute atomic E-state index is 0.441. The predicted octanol–water partition coefficient (Wildman–Crippen LogP) is 1.10. The molecule has 11 heavy (non-hydrogen) atoms. The van der Waals surface area contributed by atoms with Crippen molar-refractivity contribution in [2.24, 2.45) is 5.73 Å². The summed E-state index contributed by atoms with van der Waals surface area (Å²) >= 11 is 6.70. The van der Waals surface area contributed by atoms with E-state index < -0.39 is 0 Å². The van der Waals surface area contributed by atoms with Gasteiger partial charge in [0, 0.05) is 11.3 Å². The summed E-state index contributed by atoms with van der Waals surface area (Å²) in [5.74, 6) is 0. The van der Waals surface area contributed by atoms with E-state index >= 15 is 0 Å². The van der Waals surface area contributed by atoms with Crippen LogP contribution in [0.5, 0.6) is 0 Å². The van der Waals surface area contributed by atoms with Crippen molar-refractivity contribution in [3.8, 4) is 0 Å². The van der Waals surface area contributed by atoms with E-state index in [-0.39, 0.29) is 0 Å². The fraction of sp³-hybridized carbons (Fsp3) is 0.857. The lowest BCUT2D eigenvalue weighted by Gasteiger charge is -2.18. The van der Waals surface area contributed by atoms with Crippen LogP contribution in [0.2, 0.25) is 0 Å². The molecule has 0 aromatic carbocycles. The Kier molecular flexibility index (Phi) is 3.45. The molecule has 1 aliphatic carbocycles. The first-order valence-corrected chi connectivity index (χ1v) is 5.52. The van der Waals surface area contributed by atoms with Crippen molar-refractivity contribution in [2.45, 2.75) is 30.6 Å².